The second-order valence-corrected chi connectivity index (χ2v) is 5.49. The highest BCUT2D eigenvalue weighted by Crippen LogP contribution is 2.19. The highest BCUT2D eigenvalue weighted by Gasteiger charge is 2.19. The number of nitrogens with one attached hydrogen (secondary N) is 1. The first-order valence-electron chi connectivity index (χ1n) is 5.23. The maximum absolute atomic E-state index is 11.6. The Hall–Kier alpha value is -2.00. The van der Waals surface area contributed by atoms with Gasteiger partial charge in [-0.25, -0.2) is 13.1 Å². The lowest BCUT2D eigenvalue weighted by molar-refractivity contribution is -0.385. The number of carbonyl (C=O) groups is 1. The summed E-state index contributed by atoms with van der Waals surface area (Å²) in [6.45, 7) is -0.252. The van der Waals surface area contributed by atoms with Gasteiger partial charge in [-0.2, -0.15) is 0 Å². The molecule has 2 N–H and O–H groups in total. The largest absolute Gasteiger partial charge is 0.481 e. The summed E-state index contributed by atoms with van der Waals surface area (Å²) in [6, 6.07) is 5.48. The Morgan fingerprint density at radius 3 is 2.58 bits per heavy atom. The number of benzene rings is 1. The molecule has 0 bridgehead atoms. The van der Waals surface area contributed by atoms with Crippen LogP contribution in [-0.2, 0) is 20.6 Å². The number of nitrogens with zero attached hydrogens (tertiary/aromatic N) is 1. The van der Waals surface area contributed by atoms with Crippen molar-refractivity contribution in [3.05, 3.63) is 39.9 Å². The molecule has 0 aliphatic rings. The second-order valence-electron chi connectivity index (χ2n) is 3.68. The number of nitro benzene ring substituents is 1. The zero-order chi connectivity index (χ0) is 14.5. The Labute approximate surface area is 109 Å². The highest BCUT2D eigenvalue weighted by molar-refractivity contribution is 7.88. The number of hydrogen-bond donors (Lipinski definition) is 2. The number of rotatable bonds is 7. The Balaban J connectivity index is 2.78. The van der Waals surface area contributed by atoms with Gasteiger partial charge in [0.25, 0.3) is 5.69 Å². The molecule has 0 aliphatic heterocycles. The molecule has 0 aliphatic carbocycles. The molecule has 0 fully saturated rings. The summed E-state index contributed by atoms with van der Waals surface area (Å²) in [6.07, 6.45) is -0.351. The van der Waals surface area contributed by atoms with Crippen molar-refractivity contribution >= 4 is 21.7 Å². The third kappa shape index (κ3) is 5.02. The molecule has 19 heavy (non-hydrogen) atoms. The third-order valence-electron chi connectivity index (χ3n) is 2.19. The number of aliphatic carboxylic acids is 1. The van der Waals surface area contributed by atoms with Crippen LogP contribution >= 0.6 is 0 Å². The maximum atomic E-state index is 11.6. The van der Waals surface area contributed by atoms with Crippen molar-refractivity contribution in [2.24, 2.45) is 0 Å². The normalized spacial score (nSPS) is 11.2. The Morgan fingerprint density at radius 2 is 2.00 bits per heavy atom. The molecular formula is C10H12N2O6S. The minimum absolute atomic E-state index is 0.0512. The molecule has 0 spiro atoms. The first-order chi connectivity index (χ1) is 8.82. The van der Waals surface area contributed by atoms with Gasteiger partial charge >= 0.3 is 5.97 Å². The van der Waals surface area contributed by atoms with E-state index in [0.29, 0.717) is 0 Å². The summed E-state index contributed by atoms with van der Waals surface area (Å²) in [5.41, 5.74) is -0.235. The zero-order valence-electron chi connectivity index (χ0n) is 9.77. The van der Waals surface area contributed by atoms with E-state index < -0.39 is 26.7 Å². The monoisotopic (exact) mass is 288 g/mol. The number of nitro groups is 1. The summed E-state index contributed by atoms with van der Waals surface area (Å²) in [5.74, 6) is -1.70. The van der Waals surface area contributed by atoms with Crippen molar-refractivity contribution in [2.45, 2.75) is 12.2 Å². The molecule has 0 aromatic heterocycles. The number of hydrogen-bond acceptors (Lipinski definition) is 5. The first-order valence-corrected chi connectivity index (χ1v) is 6.88. The van der Waals surface area contributed by atoms with Gasteiger partial charge < -0.3 is 5.11 Å². The van der Waals surface area contributed by atoms with Gasteiger partial charge in [-0.3, -0.25) is 14.9 Å². The van der Waals surface area contributed by atoms with Crippen LogP contribution in [0.1, 0.15) is 12.0 Å². The summed E-state index contributed by atoms with van der Waals surface area (Å²) in [7, 11) is -3.80. The summed E-state index contributed by atoms with van der Waals surface area (Å²) in [5, 5.41) is 19.1. The molecule has 104 valence electrons. The van der Waals surface area contributed by atoms with Crippen molar-refractivity contribution in [3.8, 4) is 0 Å². The Kier molecular flexibility index (Phi) is 4.95. The van der Waals surface area contributed by atoms with Gasteiger partial charge in [-0.15, -0.1) is 0 Å². The van der Waals surface area contributed by atoms with Crippen molar-refractivity contribution in [1.82, 2.24) is 4.72 Å². The van der Waals surface area contributed by atoms with Crippen LogP contribution in [0, 0.1) is 10.1 Å². The lowest BCUT2D eigenvalue weighted by Crippen LogP contribution is -2.27. The molecular weight excluding hydrogens is 276 g/mol. The topological polar surface area (TPSA) is 127 Å². The van der Waals surface area contributed by atoms with E-state index in [-0.39, 0.29) is 24.2 Å². The fourth-order valence-electron chi connectivity index (χ4n) is 1.38. The number of sulfonamides is 1. The smallest absolute Gasteiger partial charge is 0.304 e. The van der Waals surface area contributed by atoms with E-state index in [9.17, 15) is 23.3 Å². The third-order valence-corrected chi connectivity index (χ3v) is 3.53. The maximum Gasteiger partial charge on any atom is 0.304 e. The van der Waals surface area contributed by atoms with Crippen LogP contribution in [0.25, 0.3) is 0 Å². The minimum Gasteiger partial charge on any atom is -0.481 e. The fourth-order valence-corrected chi connectivity index (χ4v) is 2.55. The standard InChI is InChI=1S/C10H12N2O6S/c13-10(14)5-6-11-19(17,18)7-8-3-1-2-4-9(8)12(15)16/h1-4,11H,5-7H2,(H,13,14). The fraction of sp³-hybridized carbons (Fsp3) is 0.300. The van der Waals surface area contributed by atoms with Crippen molar-refractivity contribution in [2.75, 3.05) is 6.54 Å². The van der Waals surface area contributed by atoms with E-state index in [1.165, 1.54) is 24.3 Å². The van der Waals surface area contributed by atoms with Crippen LogP contribution in [-0.4, -0.2) is 31.0 Å². The van der Waals surface area contributed by atoms with Gasteiger partial charge in [-0.05, 0) is 0 Å². The summed E-state index contributed by atoms with van der Waals surface area (Å²) in [4.78, 5) is 20.3. The molecule has 0 unspecified atom stereocenters. The molecule has 1 rings (SSSR count). The van der Waals surface area contributed by atoms with Crippen molar-refractivity contribution in [1.29, 1.82) is 0 Å². The SMILES string of the molecule is O=C(O)CCNS(=O)(=O)Cc1ccccc1[N+](=O)[O-]. The number of carboxylic acids is 1. The van der Waals surface area contributed by atoms with Gasteiger partial charge in [0.2, 0.25) is 10.0 Å². The van der Waals surface area contributed by atoms with E-state index in [2.05, 4.69) is 4.72 Å². The van der Waals surface area contributed by atoms with Crippen LogP contribution in [0.4, 0.5) is 5.69 Å². The van der Waals surface area contributed by atoms with Crippen LogP contribution in [0.5, 0.6) is 0 Å². The number of para-hydroxylation sites is 1. The Bertz CT molecular complexity index is 583. The van der Waals surface area contributed by atoms with Crippen LogP contribution in [0.15, 0.2) is 24.3 Å². The lowest BCUT2D eigenvalue weighted by atomic mass is 10.2. The van der Waals surface area contributed by atoms with Gasteiger partial charge in [-0.1, -0.05) is 18.2 Å². The van der Waals surface area contributed by atoms with Crippen LogP contribution < -0.4 is 4.72 Å². The molecule has 0 atom stereocenters. The second kappa shape index (κ2) is 6.25. The summed E-state index contributed by atoms with van der Waals surface area (Å²) < 4.78 is 25.3. The van der Waals surface area contributed by atoms with E-state index in [1.807, 2.05) is 0 Å². The van der Waals surface area contributed by atoms with E-state index in [1.54, 1.807) is 0 Å². The molecule has 1 aromatic rings. The van der Waals surface area contributed by atoms with E-state index in [4.69, 9.17) is 5.11 Å². The molecule has 0 heterocycles. The molecule has 1 aromatic carbocycles. The lowest BCUT2D eigenvalue weighted by Gasteiger charge is -2.06. The Morgan fingerprint density at radius 1 is 1.37 bits per heavy atom. The molecule has 9 heteroatoms. The molecule has 0 saturated heterocycles. The van der Waals surface area contributed by atoms with Gasteiger partial charge in [0.15, 0.2) is 0 Å². The molecule has 8 nitrogen and oxygen atoms in total. The van der Waals surface area contributed by atoms with Crippen molar-refractivity contribution in [3.63, 3.8) is 0 Å². The molecule has 0 saturated carbocycles. The van der Waals surface area contributed by atoms with Gasteiger partial charge in [0.1, 0.15) is 0 Å². The molecule has 0 radical (unpaired) electrons. The minimum atomic E-state index is -3.80. The van der Waals surface area contributed by atoms with E-state index in [0.717, 1.165) is 0 Å². The first kappa shape index (κ1) is 15.1. The van der Waals surface area contributed by atoms with Gasteiger partial charge in [0, 0.05) is 18.2 Å². The average Bonchev–Trinajstić information content (AvgIpc) is 2.27. The molecule has 0 amide bonds. The summed E-state index contributed by atoms with van der Waals surface area (Å²) >= 11 is 0. The highest BCUT2D eigenvalue weighted by atomic mass is 32.2. The zero-order valence-corrected chi connectivity index (χ0v) is 10.6. The quantitative estimate of drug-likeness (QED) is 0.555. The van der Waals surface area contributed by atoms with Crippen LogP contribution in [0.2, 0.25) is 0 Å². The van der Waals surface area contributed by atoms with Crippen molar-refractivity contribution < 1.29 is 23.2 Å². The number of carboxylic acid groups (broad SMARTS) is 1. The van der Waals surface area contributed by atoms with Gasteiger partial charge in [0.05, 0.1) is 17.1 Å². The average molecular weight is 288 g/mol. The van der Waals surface area contributed by atoms with E-state index >= 15 is 0 Å². The van der Waals surface area contributed by atoms with Crippen LogP contribution in [0.3, 0.4) is 0 Å². The predicted octanol–water partition coefficient (Wildman–Crippen LogP) is 0.489. The predicted molar refractivity (Wildman–Crippen MR) is 66.0 cm³/mol.